The molecule has 0 aliphatic rings. The van der Waals surface area contributed by atoms with Crippen LogP contribution in [0.1, 0.15) is 26.7 Å². The van der Waals surface area contributed by atoms with Crippen molar-refractivity contribution in [3.63, 3.8) is 0 Å². The average Bonchev–Trinajstić information content (AvgIpc) is 2.97. The van der Waals surface area contributed by atoms with Crippen LogP contribution in [0.15, 0.2) is 140 Å². The molecule has 3 aromatic carbocycles. The predicted molar refractivity (Wildman–Crippen MR) is 175 cm³/mol. The van der Waals surface area contributed by atoms with Crippen LogP contribution < -0.4 is 15.9 Å². The number of rotatable bonds is 11. The Morgan fingerprint density at radius 2 is 1.21 bits per heavy atom. The third-order valence-corrected chi connectivity index (χ3v) is 9.84. The van der Waals surface area contributed by atoms with Crippen molar-refractivity contribution in [3.05, 3.63) is 140 Å². The summed E-state index contributed by atoms with van der Waals surface area (Å²) in [6, 6.07) is 31.9. The smallest absolute Gasteiger partial charge is 0.330 e. The Labute approximate surface area is 232 Å². The van der Waals surface area contributed by atoms with Crippen molar-refractivity contribution < 1.29 is 9.53 Å². The van der Waals surface area contributed by atoms with E-state index in [0.717, 1.165) is 6.16 Å². The van der Waals surface area contributed by atoms with E-state index >= 15 is 0 Å². The normalized spacial score (nSPS) is 11.7. The van der Waals surface area contributed by atoms with Gasteiger partial charge in [-0.15, -0.1) is 0 Å². The van der Waals surface area contributed by atoms with Crippen LogP contribution in [0.25, 0.3) is 0 Å². The standard InChI is InChI=1S/C26H25O2P.C8H15P/c1-2-28-26(27)21-13-6-14-22-29(23-15-7-3-8-16-23,24-17-9-4-10-18-24)25-19-11-5-12-20-25;1-2-3-4-5-6-7-8-9/h3-22H,2H2,1H3;4-7H,2-3,8-9H2,1H3/p+1/b;5-4+,7-6+. The zero-order chi connectivity index (χ0) is 27.3. The van der Waals surface area contributed by atoms with Crippen molar-refractivity contribution in [3.8, 4) is 0 Å². The van der Waals surface area contributed by atoms with E-state index in [2.05, 4.69) is 110 Å². The van der Waals surface area contributed by atoms with Gasteiger partial charge in [-0.05, 0) is 51.5 Å². The second-order valence-electron chi connectivity index (χ2n) is 8.31. The van der Waals surface area contributed by atoms with E-state index in [-0.39, 0.29) is 5.97 Å². The molecule has 2 nitrogen and oxygen atoms in total. The molecule has 4 heteroatoms. The first-order valence-corrected chi connectivity index (χ1v) is 16.1. The molecule has 38 heavy (non-hydrogen) atoms. The first kappa shape index (κ1) is 31.0. The summed E-state index contributed by atoms with van der Waals surface area (Å²) in [7, 11) is 1.97. The van der Waals surface area contributed by atoms with Crippen molar-refractivity contribution in [1.82, 2.24) is 0 Å². The number of hydrogen-bond donors (Lipinski definition) is 0. The number of hydrogen-bond acceptors (Lipinski definition) is 2. The number of ether oxygens (including phenoxy) is 1. The van der Waals surface area contributed by atoms with Crippen LogP contribution >= 0.6 is 16.1 Å². The van der Waals surface area contributed by atoms with Crippen molar-refractivity contribution >= 4 is 43.8 Å². The summed E-state index contributed by atoms with van der Waals surface area (Å²) >= 11 is 0. The van der Waals surface area contributed by atoms with E-state index < -0.39 is 6.89 Å². The molecular formula is C34H41O2P2+. The van der Waals surface area contributed by atoms with Gasteiger partial charge in [0.25, 0.3) is 0 Å². The van der Waals surface area contributed by atoms with Gasteiger partial charge in [-0.2, -0.15) is 0 Å². The molecule has 3 rings (SSSR count). The minimum absolute atomic E-state index is 0.326. The average molecular weight is 544 g/mol. The summed E-state index contributed by atoms with van der Waals surface area (Å²) in [5.41, 5.74) is 0. The molecule has 0 radical (unpaired) electrons. The summed E-state index contributed by atoms with van der Waals surface area (Å²) in [6.45, 7) is 2.38. The van der Waals surface area contributed by atoms with Gasteiger partial charge in [0.05, 0.1) is 12.8 Å². The molecule has 0 spiro atoms. The number of allylic oxidation sites excluding steroid dienone is 7. The molecule has 0 bridgehead atoms. The van der Waals surface area contributed by atoms with Crippen LogP contribution in [0.5, 0.6) is 0 Å². The number of esters is 1. The summed E-state index contributed by atoms with van der Waals surface area (Å²) in [5, 5.41) is 3.87. The molecule has 198 valence electrons. The zero-order valence-electron chi connectivity index (χ0n) is 22.7. The van der Waals surface area contributed by atoms with Gasteiger partial charge in [-0.3, -0.25) is 0 Å². The van der Waals surface area contributed by atoms with Crippen LogP contribution in [-0.2, 0) is 9.53 Å². The molecule has 0 amide bonds. The number of carbonyl (C=O) groups is 1. The highest BCUT2D eigenvalue weighted by molar-refractivity contribution is 7.94. The minimum atomic E-state index is -1.99. The molecule has 1 atom stereocenters. The van der Waals surface area contributed by atoms with Crippen molar-refractivity contribution in [1.29, 1.82) is 0 Å². The summed E-state index contributed by atoms with van der Waals surface area (Å²) in [6.07, 6.45) is 19.3. The molecule has 0 aliphatic heterocycles. The first-order valence-electron chi connectivity index (χ1n) is 13.2. The lowest BCUT2D eigenvalue weighted by molar-refractivity contribution is -0.137. The summed E-state index contributed by atoms with van der Waals surface area (Å²) in [5.74, 6) is 1.97. The molecule has 0 fully saturated rings. The Kier molecular flexibility index (Phi) is 15.5. The lowest BCUT2D eigenvalue weighted by Crippen LogP contribution is -2.26. The third kappa shape index (κ3) is 10.3. The lowest BCUT2D eigenvalue weighted by atomic mass is 10.3. The number of benzene rings is 3. The maximum atomic E-state index is 11.5. The Morgan fingerprint density at radius 3 is 1.66 bits per heavy atom. The van der Waals surface area contributed by atoms with Crippen molar-refractivity contribution in [2.75, 3.05) is 12.8 Å². The zero-order valence-corrected chi connectivity index (χ0v) is 25.0. The molecule has 0 aliphatic carbocycles. The molecular weight excluding hydrogens is 502 g/mol. The maximum Gasteiger partial charge on any atom is 0.330 e. The third-order valence-electron chi connectivity index (χ3n) is 5.55. The minimum Gasteiger partial charge on any atom is -0.463 e. The molecule has 0 N–H and O–H groups in total. The topological polar surface area (TPSA) is 26.3 Å². The quantitative estimate of drug-likeness (QED) is 0.113. The van der Waals surface area contributed by atoms with Gasteiger partial charge in [-0.1, -0.05) is 147 Å². The maximum absolute atomic E-state index is 11.5. The van der Waals surface area contributed by atoms with Crippen molar-refractivity contribution in [2.45, 2.75) is 26.7 Å². The van der Waals surface area contributed by atoms with E-state index in [0.29, 0.717) is 6.61 Å². The fraction of sp³-hybridized carbons (Fsp3) is 0.176. The first-order chi connectivity index (χ1) is 18.7. The highest BCUT2D eigenvalue weighted by Crippen LogP contribution is 2.43. The number of carbonyl (C=O) groups excluding carboxylic acids is 1. The molecule has 0 heterocycles. The SMILES string of the molecule is CCC/C=C/C=C/C[PH3+].CCOC(=O)C=CC=CC=P(c1ccccc1)(c1ccccc1)c1ccccc1. The van der Waals surface area contributed by atoms with E-state index in [4.69, 9.17) is 4.74 Å². The summed E-state index contributed by atoms with van der Waals surface area (Å²) < 4.78 is 4.93. The Hall–Kier alpha value is -3.18. The van der Waals surface area contributed by atoms with Gasteiger partial charge in [0.15, 0.2) is 0 Å². The Bertz CT molecular complexity index is 1120. The van der Waals surface area contributed by atoms with Crippen LogP contribution in [-0.4, -0.2) is 24.5 Å². The fourth-order valence-electron chi connectivity index (χ4n) is 3.78. The van der Waals surface area contributed by atoms with Crippen LogP contribution in [0.3, 0.4) is 0 Å². The van der Waals surface area contributed by atoms with Crippen LogP contribution in [0, 0.1) is 0 Å². The molecule has 0 saturated carbocycles. The fourth-order valence-corrected chi connectivity index (χ4v) is 7.67. The van der Waals surface area contributed by atoms with Crippen LogP contribution in [0.4, 0.5) is 0 Å². The Morgan fingerprint density at radius 1 is 0.711 bits per heavy atom. The van der Waals surface area contributed by atoms with Gasteiger partial charge >= 0.3 is 5.97 Å². The van der Waals surface area contributed by atoms with Gasteiger partial charge in [0.2, 0.25) is 0 Å². The molecule has 1 unspecified atom stereocenters. The predicted octanol–water partition coefficient (Wildman–Crippen LogP) is 6.96. The van der Waals surface area contributed by atoms with Crippen LogP contribution in [0.2, 0.25) is 0 Å². The van der Waals surface area contributed by atoms with Gasteiger partial charge < -0.3 is 4.74 Å². The van der Waals surface area contributed by atoms with E-state index in [1.54, 1.807) is 13.0 Å². The second-order valence-corrected chi connectivity index (χ2v) is 12.2. The Balaban J connectivity index is 0.000000484. The molecule has 3 aromatic rings. The summed E-state index contributed by atoms with van der Waals surface area (Å²) in [4.78, 5) is 11.5. The van der Waals surface area contributed by atoms with E-state index in [9.17, 15) is 4.79 Å². The molecule has 0 aromatic heterocycles. The second kappa shape index (κ2) is 19.0. The lowest BCUT2D eigenvalue weighted by Gasteiger charge is -2.28. The van der Waals surface area contributed by atoms with Gasteiger partial charge in [-0.25, -0.2) is 4.79 Å². The highest BCUT2D eigenvalue weighted by atomic mass is 31.2. The number of unbranched alkanes of at least 4 members (excludes halogenated alkanes) is 1. The van der Waals surface area contributed by atoms with Gasteiger partial charge in [0.1, 0.15) is 0 Å². The van der Waals surface area contributed by atoms with E-state index in [1.165, 1.54) is 34.8 Å². The monoisotopic (exact) mass is 543 g/mol. The molecule has 0 saturated heterocycles. The largest absolute Gasteiger partial charge is 0.463 e. The van der Waals surface area contributed by atoms with Crippen molar-refractivity contribution in [2.24, 2.45) is 0 Å². The highest BCUT2D eigenvalue weighted by Gasteiger charge is 2.23. The van der Waals surface area contributed by atoms with E-state index in [1.807, 2.05) is 39.6 Å². The van der Waals surface area contributed by atoms with Gasteiger partial charge in [0, 0.05) is 6.08 Å².